The molecule has 0 spiro atoms. The minimum absolute atomic E-state index is 0.744. The summed E-state index contributed by atoms with van der Waals surface area (Å²) in [4.78, 5) is 4.74. The van der Waals surface area contributed by atoms with Crippen molar-refractivity contribution in [2.45, 2.75) is 6.92 Å². The molecule has 0 amide bonds. The second kappa shape index (κ2) is 8.45. The number of aromatic nitrogens is 2. The molecule has 29 heavy (non-hydrogen) atoms. The van der Waals surface area contributed by atoms with Gasteiger partial charge in [0.25, 0.3) is 0 Å². The molecule has 0 aliphatic heterocycles. The molecule has 0 aliphatic carbocycles. The molecule has 4 nitrogen and oxygen atoms in total. The Labute approximate surface area is 178 Å². The SMILES string of the molecule is COc1ccc(Br)cc1/C=N/c1cc(-c2ccc(C)cc2)nn1-c1ccccc1. The van der Waals surface area contributed by atoms with Gasteiger partial charge >= 0.3 is 0 Å². The summed E-state index contributed by atoms with van der Waals surface area (Å²) in [6.45, 7) is 2.08. The molecular formula is C24H20BrN3O. The second-order valence-corrected chi connectivity index (χ2v) is 7.56. The lowest BCUT2D eigenvalue weighted by atomic mass is 10.1. The van der Waals surface area contributed by atoms with Gasteiger partial charge in [-0.2, -0.15) is 5.10 Å². The van der Waals surface area contributed by atoms with E-state index in [1.807, 2.05) is 59.3 Å². The smallest absolute Gasteiger partial charge is 0.156 e. The number of halogens is 1. The van der Waals surface area contributed by atoms with Gasteiger partial charge in [0, 0.05) is 27.9 Å². The van der Waals surface area contributed by atoms with E-state index in [0.29, 0.717) is 0 Å². The van der Waals surface area contributed by atoms with Crippen LogP contribution in [0.1, 0.15) is 11.1 Å². The molecule has 0 aliphatic rings. The average Bonchev–Trinajstić information content (AvgIpc) is 3.18. The summed E-state index contributed by atoms with van der Waals surface area (Å²) in [6, 6.07) is 26.2. The van der Waals surface area contributed by atoms with Crippen molar-refractivity contribution in [3.63, 3.8) is 0 Å². The van der Waals surface area contributed by atoms with Crippen molar-refractivity contribution in [2.75, 3.05) is 7.11 Å². The van der Waals surface area contributed by atoms with E-state index < -0.39 is 0 Å². The summed E-state index contributed by atoms with van der Waals surface area (Å²) in [5.41, 5.74) is 5.00. The van der Waals surface area contributed by atoms with Gasteiger partial charge in [0.15, 0.2) is 5.82 Å². The highest BCUT2D eigenvalue weighted by atomic mass is 79.9. The predicted molar refractivity (Wildman–Crippen MR) is 122 cm³/mol. The number of methoxy groups -OCH3 is 1. The quantitative estimate of drug-likeness (QED) is 0.334. The van der Waals surface area contributed by atoms with E-state index in [0.717, 1.165) is 38.5 Å². The van der Waals surface area contributed by atoms with Gasteiger partial charge in [-0.15, -0.1) is 0 Å². The summed E-state index contributed by atoms with van der Waals surface area (Å²) in [7, 11) is 1.66. The van der Waals surface area contributed by atoms with Crippen LogP contribution in [0.4, 0.5) is 5.82 Å². The molecule has 0 N–H and O–H groups in total. The van der Waals surface area contributed by atoms with Gasteiger partial charge in [-0.05, 0) is 37.3 Å². The van der Waals surface area contributed by atoms with Crippen LogP contribution < -0.4 is 4.74 Å². The first kappa shape index (κ1) is 19.2. The standard InChI is InChI=1S/C24H20BrN3O/c1-17-8-10-18(11-9-17)22-15-24(28(27-22)21-6-4-3-5-7-21)26-16-19-14-20(25)12-13-23(19)29-2/h3-16H,1-2H3/b26-16+. The summed E-state index contributed by atoms with van der Waals surface area (Å²) in [6.07, 6.45) is 1.80. The van der Waals surface area contributed by atoms with Crippen LogP contribution in [0.25, 0.3) is 16.9 Å². The van der Waals surface area contributed by atoms with Crippen molar-refractivity contribution < 1.29 is 4.74 Å². The molecule has 1 heterocycles. The highest BCUT2D eigenvalue weighted by molar-refractivity contribution is 9.10. The van der Waals surface area contributed by atoms with Crippen LogP contribution in [0.5, 0.6) is 5.75 Å². The molecule has 0 saturated heterocycles. The Balaban J connectivity index is 1.79. The van der Waals surface area contributed by atoms with Gasteiger partial charge in [0.05, 0.1) is 18.5 Å². The molecule has 0 saturated carbocycles. The molecule has 0 fully saturated rings. The highest BCUT2D eigenvalue weighted by Gasteiger charge is 2.11. The van der Waals surface area contributed by atoms with Crippen molar-refractivity contribution in [3.05, 3.63) is 94.5 Å². The first-order chi connectivity index (χ1) is 14.1. The van der Waals surface area contributed by atoms with Crippen LogP contribution in [0.2, 0.25) is 0 Å². The molecule has 5 heteroatoms. The first-order valence-corrected chi connectivity index (χ1v) is 10.0. The first-order valence-electron chi connectivity index (χ1n) is 9.24. The molecule has 1 aromatic heterocycles. The van der Waals surface area contributed by atoms with Crippen LogP contribution in [0.15, 0.2) is 88.3 Å². The number of aliphatic imine (C=N–C) groups is 1. The fraction of sp³-hybridized carbons (Fsp3) is 0.0833. The van der Waals surface area contributed by atoms with E-state index in [2.05, 4.69) is 47.1 Å². The minimum Gasteiger partial charge on any atom is -0.496 e. The zero-order chi connectivity index (χ0) is 20.2. The maximum Gasteiger partial charge on any atom is 0.156 e. The lowest BCUT2D eigenvalue weighted by molar-refractivity contribution is 0.414. The number of hydrogen-bond acceptors (Lipinski definition) is 3. The van der Waals surface area contributed by atoms with Crippen molar-refractivity contribution in [1.29, 1.82) is 0 Å². The van der Waals surface area contributed by atoms with Crippen LogP contribution >= 0.6 is 15.9 Å². The summed E-state index contributed by atoms with van der Waals surface area (Å²) >= 11 is 3.51. The van der Waals surface area contributed by atoms with E-state index in [-0.39, 0.29) is 0 Å². The molecule has 0 unspecified atom stereocenters. The normalized spacial score (nSPS) is 11.1. The van der Waals surface area contributed by atoms with Gasteiger partial charge in [0.1, 0.15) is 5.75 Å². The number of nitrogens with zero attached hydrogens (tertiary/aromatic N) is 3. The van der Waals surface area contributed by atoms with E-state index in [9.17, 15) is 0 Å². The predicted octanol–water partition coefficient (Wildman–Crippen LogP) is 6.37. The van der Waals surface area contributed by atoms with Gasteiger partial charge in [-0.25, -0.2) is 9.67 Å². The maximum atomic E-state index is 5.45. The van der Waals surface area contributed by atoms with Crippen molar-refractivity contribution in [3.8, 4) is 22.7 Å². The summed E-state index contributed by atoms with van der Waals surface area (Å²) in [5, 5.41) is 4.82. The Morgan fingerprint density at radius 3 is 2.45 bits per heavy atom. The fourth-order valence-electron chi connectivity index (χ4n) is 3.03. The third kappa shape index (κ3) is 4.30. The van der Waals surface area contributed by atoms with Crippen LogP contribution in [-0.4, -0.2) is 23.1 Å². The summed E-state index contributed by atoms with van der Waals surface area (Å²) in [5.74, 6) is 1.51. The Morgan fingerprint density at radius 2 is 1.72 bits per heavy atom. The lowest BCUT2D eigenvalue weighted by Crippen LogP contribution is -1.96. The number of rotatable bonds is 5. The van der Waals surface area contributed by atoms with E-state index >= 15 is 0 Å². The number of ether oxygens (including phenoxy) is 1. The molecule has 0 radical (unpaired) electrons. The lowest BCUT2D eigenvalue weighted by Gasteiger charge is -2.05. The Morgan fingerprint density at radius 1 is 0.966 bits per heavy atom. The number of aryl methyl sites for hydroxylation is 1. The number of para-hydroxylation sites is 1. The Kier molecular flexibility index (Phi) is 5.58. The van der Waals surface area contributed by atoms with Gasteiger partial charge in [-0.1, -0.05) is 64.0 Å². The highest BCUT2D eigenvalue weighted by Crippen LogP contribution is 2.28. The van der Waals surface area contributed by atoms with Crippen molar-refractivity contribution >= 4 is 28.0 Å². The molecule has 3 aromatic carbocycles. The molecular weight excluding hydrogens is 426 g/mol. The second-order valence-electron chi connectivity index (χ2n) is 6.65. The molecule has 0 atom stereocenters. The van der Waals surface area contributed by atoms with E-state index in [4.69, 9.17) is 14.8 Å². The van der Waals surface area contributed by atoms with Gasteiger partial charge in [0.2, 0.25) is 0 Å². The fourth-order valence-corrected chi connectivity index (χ4v) is 3.41. The van der Waals surface area contributed by atoms with Crippen molar-refractivity contribution in [2.24, 2.45) is 4.99 Å². The Bertz CT molecular complexity index is 1150. The zero-order valence-corrected chi connectivity index (χ0v) is 17.8. The topological polar surface area (TPSA) is 39.4 Å². The molecule has 144 valence electrons. The number of hydrogen-bond donors (Lipinski definition) is 0. The van der Waals surface area contributed by atoms with Crippen LogP contribution in [0.3, 0.4) is 0 Å². The third-order valence-electron chi connectivity index (χ3n) is 4.57. The van der Waals surface area contributed by atoms with Crippen LogP contribution in [-0.2, 0) is 0 Å². The molecule has 4 aromatic rings. The van der Waals surface area contributed by atoms with Crippen LogP contribution in [0, 0.1) is 6.92 Å². The molecule has 0 bridgehead atoms. The average molecular weight is 446 g/mol. The number of benzene rings is 3. The monoisotopic (exact) mass is 445 g/mol. The third-order valence-corrected chi connectivity index (χ3v) is 5.06. The molecule has 4 rings (SSSR count). The largest absolute Gasteiger partial charge is 0.496 e. The summed E-state index contributed by atoms with van der Waals surface area (Å²) < 4.78 is 8.28. The van der Waals surface area contributed by atoms with Gasteiger partial charge in [-0.3, -0.25) is 0 Å². The van der Waals surface area contributed by atoms with E-state index in [1.54, 1.807) is 13.3 Å². The van der Waals surface area contributed by atoms with Gasteiger partial charge < -0.3 is 4.74 Å². The maximum absolute atomic E-state index is 5.45. The van der Waals surface area contributed by atoms with E-state index in [1.165, 1.54) is 5.56 Å². The Hall–Kier alpha value is -3.18. The van der Waals surface area contributed by atoms with Crippen molar-refractivity contribution in [1.82, 2.24) is 9.78 Å². The minimum atomic E-state index is 0.744. The zero-order valence-electron chi connectivity index (χ0n) is 16.2.